The fraction of sp³-hybridized carbons (Fsp3) is 0. The van der Waals surface area contributed by atoms with Gasteiger partial charge >= 0.3 is 0 Å². The molecule has 0 N–H and O–H groups in total. The van der Waals surface area contributed by atoms with E-state index in [0.29, 0.717) is 11.9 Å². The third-order valence-electron chi connectivity index (χ3n) is 28.7. The molecule has 0 saturated carbocycles. The van der Waals surface area contributed by atoms with Crippen molar-refractivity contribution in [3.05, 3.63) is 450 Å². The summed E-state index contributed by atoms with van der Waals surface area (Å²) in [6.07, 6.45) is 11.7. The summed E-state index contributed by atoms with van der Waals surface area (Å²) in [5.41, 5.74) is 37.5. The number of nitrogens with zero attached hydrogens (tertiary/aromatic N) is 12. The van der Waals surface area contributed by atoms with Crippen LogP contribution >= 0.6 is 0 Å². The highest BCUT2D eigenvalue weighted by atomic mass is 15.2. The molecule has 0 aliphatic heterocycles. The number of hydrogen-bond acceptors (Lipinski definition) is 9. The summed E-state index contributed by atoms with van der Waals surface area (Å²) in [5, 5.41) is 19.0. The Kier molecular flexibility index (Phi) is 17.2. The summed E-state index contributed by atoms with van der Waals surface area (Å²) in [6, 6.07) is 146. The number of pyridine rings is 3. The molecular formula is C127H74N12. The van der Waals surface area contributed by atoms with Crippen LogP contribution in [0, 0.1) is 0 Å². The normalized spacial score (nSPS) is 12.0. The Morgan fingerprint density at radius 3 is 0.942 bits per heavy atom. The van der Waals surface area contributed by atoms with Gasteiger partial charge in [-0.3, -0.25) is 28.7 Å². The van der Waals surface area contributed by atoms with E-state index in [1.54, 1.807) is 0 Å². The summed E-state index contributed by atoms with van der Waals surface area (Å²) in [4.78, 5) is 45.7. The zero-order chi connectivity index (χ0) is 91.0. The smallest absolute Gasteiger partial charge is 0.235 e. The number of aromatic nitrogens is 12. The maximum atomic E-state index is 5.44. The number of fused-ring (bicyclic) bond motifs is 32. The summed E-state index contributed by atoms with van der Waals surface area (Å²) in [7, 11) is 0. The molecule has 139 heavy (non-hydrogen) atoms. The van der Waals surface area contributed by atoms with Crippen molar-refractivity contribution < 1.29 is 0 Å². The van der Waals surface area contributed by atoms with Gasteiger partial charge in [0, 0.05) is 119 Å². The fourth-order valence-corrected chi connectivity index (χ4v) is 22.9. The average Bonchev–Trinajstić information content (AvgIpc) is 1.56. The van der Waals surface area contributed by atoms with Gasteiger partial charge in [-0.15, -0.1) is 0 Å². The minimum atomic E-state index is 0.656. The molecule has 12 heteroatoms. The number of rotatable bonds is 6. The second-order valence-electron chi connectivity index (χ2n) is 36.0. The van der Waals surface area contributed by atoms with Gasteiger partial charge in [-0.1, -0.05) is 334 Å². The van der Waals surface area contributed by atoms with Crippen molar-refractivity contribution >= 4 is 141 Å². The van der Waals surface area contributed by atoms with Gasteiger partial charge in [0.05, 0.1) is 66.6 Å². The quantitative estimate of drug-likeness (QED) is 0.149. The lowest BCUT2D eigenvalue weighted by Crippen LogP contribution is -2.04. The van der Waals surface area contributed by atoms with Crippen molar-refractivity contribution in [3.8, 4) is 152 Å². The Hall–Kier alpha value is -18.9. The van der Waals surface area contributed by atoms with E-state index in [1.165, 1.54) is 148 Å². The monoisotopic (exact) mass is 1770 g/mol. The van der Waals surface area contributed by atoms with E-state index >= 15 is 0 Å². The predicted molar refractivity (Wildman–Crippen MR) is 571 cm³/mol. The van der Waals surface area contributed by atoms with Gasteiger partial charge < -0.3 is 0 Å². The van der Waals surface area contributed by atoms with E-state index in [4.69, 9.17) is 29.9 Å². The molecule has 642 valence electrons. The Balaban J connectivity index is 0.000000100. The highest BCUT2D eigenvalue weighted by molar-refractivity contribution is 6.32. The molecule has 0 bridgehead atoms. The zero-order valence-corrected chi connectivity index (χ0v) is 74.6. The predicted octanol–water partition coefficient (Wildman–Crippen LogP) is 31.9. The molecule has 9 aromatic heterocycles. The van der Waals surface area contributed by atoms with Crippen molar-refractivity contribution in [2.24, 2.45) is 0 Å². The van der Waals surface area contributed by atoms with Crippen LogP contribution in [0.4, 0.5) is 0 Å². The zero-order valence-electron chi connectivity index (χ0n) is 74.6. The molecule has 0 atom stereocenters. The van der Waals surface area contributed by atoms with Gasteiger partial charge in [0.25, 0.3) is 0 Å². The van der Waals surface area contributed by atoms with E-state index in [1.807, 2.05) is 79.6 Å². The van der Waals surface area contributed by atoms with E-state index in [-0.39, 0.29) is 0 Å². The second kappa shape index (κ2) is 30.8. The van der Waals surface area contributed by atoms with E-state index < -0.39 is 0 Å². The molecule has 12 nitrogen and oxygen atoms in total. The summed E-state index contributed by atoms with van der Waals surface area (Å²) in [6.45, 7) is 0. The molecule has 0 fully saturated rings. The summed E-state index contributed by atoms with van der Waals surface area (Å²) < 4.78 is 6.86. The highest BCUT2D eigenvalue weighted by Gasteiger charge is 2.33. The molecule has 9 heterocycles. The number of para-hydroxylation sites is 6. The minimum Gasteiger partial charge on any atom is -0.292 e. The lowest BCUT2D eigenvalue weighted by Gasteiger charge is -2.16. The van der Waals surface area contributed by atoms with Crippen LogP contribution in [-0.4, -0.2) is 58.6 Å². The SMILES string of the molecule is c1ccc(-c2nc(-n3c4ccccc4c4c5cccc6c5c(cc43)-c3ccncc3-c3ccccc3-6)nc3c2ccc2ccccc23)cc1.c1ccc(-c2nc(-n3c4ccccc4c4c5cccc6c5c(cc43)-c3ccncc3-c3ccccc3-6)nc3ccccc23)cc1.c1ccc(-c2nc3ccccc3nc2-n2c3ccccc3c3c4cccc5c4c(cc32)-c2ccncc2-c2ccccc2-5)cc1. The standard InChI is InChI=1S/C45H26N4.2C41H24N4/c1-2-12-28(13-3-1)43-36-22-21-27-11-4-5-14-29(27)44(36)48-45(47-43)49-39-20-9-8-17-34(39)42-35-19-10-18-33-30-15-6-7-16-31(30)38-26-46-24-23-32(38)37(41(33)35)25-40(42)49;1-2-11-25(12-3-1)40-41(44-35-19-8-7-18-34(35)43-40)45-36-20-9-6-15-30(36)39-31-17-10-16-29-26-13-4-5-14-27(26)33-24-42-22-21-28(33)32(38(29)31)23-37(39)45;1-2-11-25(12-3-1)40-30-15-6-8-19-35(30)43-41(44-40)45-36-20-9-7-16-31(36)39-32-18-10-17-29-26-13-4-5-14-27(26)34-24-42-22-21-28(34)33(38(29)32)23-37(39)45/h1-26H;2*1-24H. The van der Waals surface area contributed by atoms with Crippen LogP contribution in [0.25, 0.3) is 293 Å². The molecular weight excluding hydrogens is 1690 g/mol. The molecule has 0 saturated heterocycles. The molecule has 31 rings (SSSR count). The van der Waals surface area contributed by atoms with Crippen LogP contribution in [0.2, 0.25) is 0 Å². The second-order valence-corrected chi connectivity index (χ2v) is 36.0. The first-order valence-electron chi connectivity index (χ1n) is 47.0. The van der Waals surface area contributed by atoms with Crippen LogP contribution < -0.4 is 0 Å². The molecule has 0 amide bonds. The third-order valence-corrected chi connectivity index (χ3v) is 28.7. The Morgan fingerprint density at radius 1 is 0.165 bits per heavy atom. The number of benzene rings is 19. The van der Waals surface area contributed by atoms with Gasteiger partial charge in [0.15, 0.2) is 5.82 Å². The molecule has 0 unspecified atom stereocenters. The van der Waals surface area contributed by atoms with Crippen molar-refractivity contribution in [2.45, 2.75) is 0 Å². The van der Waals surface area contributed by atoms with E-state index in [2.05, 4.69) is 399 Å². The molecule has 28 aromatic rings. The van der Waals surface area contributed by atoms with Crippen molar-refractivity contribution in [1.82, 2.24) is 58.6 Å². The molecule has 0 radical (unpaired) electrons. The van der Waals surface area contributed by atoms with Crippen LogP contribution in [0.3, 0.4) is 0 Å². The maximum absolute atomic E-state index is 5.44. The molecule has 0 spiro atoms. The van der Waals surface area contributed by atoms with Gasteiger partial charge in [0.2, 0.25) is 11.9 Å². The summed E-state index contributed by atoms with van der Waals surface area (Å²) >= 11 is 0. The highest BCUT2D eigenvalue weighted by Crippen LogP contribution is 2.56. The Morgan fingerprint density at radius 2 is 0.489 bits per heavy atom. The number of hydrogen-bond donors (Lipinski definition) is 0. The molecule has 19 aromatic carbocycles. The topological polar surface area (TPSA) is 131 Å². The van der Waals surface area contributed by atoms with Crippen molar-refractivity contribution in [2.75, 3.05) is 0 Å². The van der Waals surface area contributed by atoms with Gasteiger partial charge in [0.1, 0.15) is 5.69 Å². The lowest BCUT2D eigenvalue weighted by atomic mass is 9.91. The van der Waals surface area contributed by atoms with Crippen LogP contribution in [0.5, 0.6) is 0 Å². The third kappa shape index (κ3) is 11.8. The Labute approximate surface area is 795 Å². The molecule has 3 aliphatic carbocycles. The van der Waals surface area contributed by atoms with Crippen molar-refractivity contribution in [1.29, 1.82) is 0 Å². The lowest BCUT2D eigenvalue weighted by molar-refractivity contribution is 1.01. The van der Waals surface area contributed by atoms with E-state index in [0.717, 1.165) is 133 Å². The first-order chi connectivity index (χ1) is 69.0. The van der Waals surface area contributed by atoms with Crippen LogP contribution in [0.15, 0.2) is 450 Å². The molecule has 3 aliphatic rings. The van der Waals surface area contributed by atoms with E-state index in [9.17, 15) is 0 Å². The fourth-order valence-electron chi connectivity index (χ4n) is 22.9. The Bertz CT molecular complexity index is 10100. The average molecular weight is 1770 g/mol. The largest absolute Gasteiger partial charge is 0.292 e. The first-order valence-corrected chi connectivity index (χ1v) is 47.0. The minimum absolute atomic E-state index is 0.656. The van der Waals surface area contributed by atoms with Gasteiger partial charge in [-0.05, 0) is 200 Å². The maximum Gasteiger partial charge on any atom is 0.235 e. The van der Waals surface area contributed by atoms with Crippen LogP contribution in [-0.2, 0) is 0 Å². The van der Waals surface area contributed by atoms with Gasteiger partial charge in [-0.25, -0.2) is 29.9 Å². The van der Waals surface area contributed by atoms with Crippen LogP contribution in [0.1, 0.15) is 0 Å². The first kappa shape index (κ1) is 77.7. The van der Waals surface area contributed by atoms with Gasteiger partial charge in [-0.2, -0.15) is 0 Å². The summed E-state index contributed by atoms with van der Waals surface area (Å²) in [5.74, 6) is 2.14. The van der Waals surface area contributed by atoms with Crippen molar-refractivity contribution in [3.63, 3.8) is 0 Å².